The minimum atomic E-state index is -4.40. The van der Waals surface area contributed by atoms with Gasteiger partial charge < -0.3 is 4.90 Å². The Kier molecular flexibility index (Phi) is 5.24. The van der Waals surface area contributed by atoms with E-state index in [0.717, 1.165) is 12.1 Å². The lowest BCUT2D eigenvalue weighted by molar-refractivity contribution is -0.137. The lowest BCUT2D eigenvalue weighted by atomic mass is 9.98. The molecule has 0 bridgehead atoms. The van der Waals surface area contributed by atoms with Gasteiger partial charge in [-0.1, -0.05) is 30.3 Å². The maximum absolute atomic E-state index is 12.7. The van der Waals surface area contributed by atoms with Crippen LogP contribution in [-0.4, -0.2) is 24.4 Å². The highest BCUT2D eigenvalue weighted by molar-refractivity contribution is 6.00. The van der Waals surface area contributed by atoms with Crippen LogP contribution in [0.4, 0.5) is 13.2 Å². The molecule has 0 aliphatic carbocycles. The number of halogens is 3. The Morgan fingerprint density at radius 3 is 2.33 bits per heavy atom. The van der Waals surface area contributed by atoms with Crippen LogP contribution in [0.2, 0.25) is 0 Å². The second-order valence-corrected chi connectivity index (χ2v) is 5.26. The molecule has 124 valence electrons. The van der Waals surface area contributed by atoms with Gasteiger partial charge >= 0.3 is 6.18 Å². The number of carbonyl (C=O) groups excluding carboxylic acids is 1. The van der Waals surface area contributed by atoms with Crippen molar-refractivity contribution in [3.05, 3.63) is 59.7 Å². The molecule has 0 unspecified atom stereocenters. The number of nitrogens with zero attached hydrogens (tertiary/aromatic N) is 2. The van der Waals surface area contributed by atoms with Crippen molar-refractivity contribution in [2.24, 2.45) is 0 Å². The van der Waals surface area contributed by atoms with Gasteiger partial charge in [0, 0.05) is 19.2 Å². The van der Waals surface area contributed by atoms with Crippen LogP contribution in [0, 0.1) is 11.3 Å². The van der Waals surface area contributed by atoms with E-state index in [4.69, 9.17) is 5.26 Å². The number of hydrogen-bond acceptors (Lipinski definition) is 2. The number of amides is 1. The van der Waals surface area contributed by atoms with Crippen molar-refractivity contribution in [2.75, 3.05) is 13.6 Å². The summed E-state index contributed by atoms with van der Waals surface area (Å²) in [4.78, 5) is 13.9. The van der Waals surface area contributed by atoms with E-state index in [9.17, 15) is 18.0 Å². The normalized spacial score (nSPS) is 11.0. The van der Waals surface area contributed by atoms with Gasteiger partial charge in [-0.25, -0.2) is 0 Å². The first-order chi connectivity index (χ1) is 11.3. The maximum atomic E-state index is 12.7. The van der Waals surface area contributed by atoms with Crippen molar-refractivity contribution in [3.8, 4) is 17.2 Å². The van der Waals surface area contributed by atoms with E-state index in [1.165, 1.54) is 17.0 Å². The molecular weight excluding hydrogens is 317 g/mol. The first-order valence-electron chi connectivity index (χ1n) is 7.23. The van der Waals surface area contributed by atoms with Crippen LogP contribution in [0.15, 0.2) is 48.5 Å². The van der Waals surface area contributed by atoms with Gasteiger partial charge in [0.25, 0.3) is 5.91 Å². The number of rotatable bonds is 4. The molecule has 0 N–H and O–H groups in total. The predicted molar refractivity (Wildman–Crippen MR) is 84.1 cm³/mol. The molecule has 0 heterocycles. The van der Waals surface area contributed by atoms with E-state index in [0.29, 0.717) is 16.7 Å². The maximum Gasteiger partial charge on any atom is 0.416 e. The summed E-state index contributed by atoms with van der Waals surface area (Å²) in [6.07, 6.45) is -4.18. The molecule has 3 nitrogen and oxygen atoms in total. The molecule has 0 atom stereocenters. The van der Waals surface area contributed by atoms with Crippen molar-refractivity contribution in [1.29, 1.82) is 5.26 Å². The molecule has 0 aromatic heterocycles. The number of nitriles is 1. The monoisotopic (exact) mass is 332 g/mol. The van der Waals surface area contributed by atoms with Crippen molar-refractivity contribution >= 4 is 5.91 Å². The molecule has 24 heavy (non-hydrogen) atoms. The Balaban J connectivity index is 2.35. The quantitative estimate of drug-likeness (QED) is 0.835. The third-order valence-electron chi connectivity index (χ3n) is 3.59. The van der Waals surface area contributed by atoms with Crippen LogP contribution >= 0.6 is 0 Å². The SMILES string of the molecule is CN(CCC#N)C(=O)c1ccccc1-c1ccc(C(F)(F)F)cc1. The highest BCUT2D eigenvalue weighted by atomic mass is 19.4. The van der Waals surface area contributed by atoms with Gasteiger partial charge in [-0.15, -0.1) is 0 Å². The van der Waals surface area contributed by atoms with Crippen molar-refractivity contribution in [1.82, 2.24) is 4.90 Å². The molecule has 0 saturated carbocycles. The predicted octanol–water partition coefficient (Wildman–Crippen LogP) is 4.36. The smallest absolute Gasteiger partial charge is 0.341 e. The molecule has 0 saturated heterocycles. The fourth-order valence-corrected chi connectivity index (χ4v) is 2.28. The second-order valence-electron chi connectivity index (χ2n) is 5.26. The van der Waals surface area contributed by atoms with E-state index >= 15 is 0 Å². The minimum absolute atomic E-state index is 0.213. The molecule has 0 spiro atoms. The highest BCUT2D eigenvalue weighted by Crippen LogP contribution is 2.32. The summed E-state index contributed by atoms with van der Waals surface area (Å²) in [6, 6.07) is 13.4. The molecule has 0 aliphatic heterocycles. The lowest BCUT2D eigenvalue weighted by Crippen LogP contribution is -2.28. The Morgan fingerprint density at radius 2 is 1.75 bits per heavy atom. The van der Waals surface area contributed by atoms with Crippen molar-refractivity contribution < 1.29 is 18.0 Å². The van der Waals surface area contributed by atoms with Gasteiger partial charge in [0.05, 0.1) is 18.1 Å². The summed E-state index contributed by atoms with van der Waals surface area (Å²) in [5, 5.41) is 8.61. The van der Waals surface area contributed by atoms with Crippen LogP contribution in [-0.2, 0) is 6.18 Å². The van der Waals surface area contributed by atoms with Crippen LogP contribution in [0.1, 0.15) is 22.3 Å². The molecule has 0 fully saturated rings. The Morgan fingerprint density at radius 1 is 1.12 bits per heavy atom. The highest BCUT2D eigenvalue weighted by Gasteiger charge is 2.30. The van der Waals surface area contributed by atoms with Crippen LogP contribution in [0.5, 0.6) is 0 Å². The minimum Gasteiger partial charge on any atom is -0.341 e. The summed E-state index contributed by atoms with van der Waals surface area (Å²) in [5.74, 6) is -0.277. The van der Waals surface area contributed by atoms with E-state index < -0.39 is 11.7 Å². The van der Waals surface area contributed by atoms with Crippen molar-refractivity contribution in [3.63, 3.8) is 0 Å². The van der Waals surface area contributed by atoms with E-state index in [2.05, 4.69) is 0 Å². The average Bonchev–Trinajstić information content (AvgIpc) is 2.58. The van der Waals surface area contributed by atoms with Gasteiger partial charge in [0.2, 0.25) is 0 Å². The topological polar surface area (TPSA) is 44.1 Å². The zero-order valence-corrected chi connectivity index (χ0v) is 13.0. The Labute approximate surface area is 137 Å². The Hall–Kier alpha value is -2.81. The standard InChI is InChI=1S/C18H15F3N2O/c1-23(12-4-11-22)17(24)16-6-3-2-5-15(16)13-7-9-14(10-8-13)18(19,20)21/h2-3,5-10H,4,12H2,1H3. The van der Waals surface area contributed by atoms with Crippen LogP contribution in [0.3, 0.4) is 0 Å². The third-order valence-corrected chi connectivity index (χ3v) is 3.59. The zero-order valence-electron chi connectivity index (χ0n) is 13.0. The third kappa shape index (κ3) is 3.93. The van der Waals surface area contributed by atoms with Crippen LogP contribution in [0.25, 0.3) is 11.1 Å². The summed E-state index contributed by atoms with van der Waals surface area (Å²) < 4.78 is 38.0. The number of hydrogen-bond donors (Lipinski definition) is 0. The molecular formula is C18H15F3N2O. The summed E-state index contributed by atoms with van der Waals surface area (Å²) in [6.45, 7) is 0.288. The van der Waals surface area contributed by atoms with Gasteiger partial charge in [-0.05, 0) is 29.3 Å². The fraction of sp³-hybridized carbons (Fsp3) is 0.222. The molecule has 1 amide bonds. The van der Waals surface area contributed by atoms with Crippen molar-refractivity contribution in [2.45, 2.75) is 12.6 Å². The van der Waals surface area contributed by atoms with Gasteiger partial charge in [0.15, 0.2) is 0 Å². The number of carbonyl (C=O) groups is 1. The van der Waals surface area contributed by atoms with E-state index in [1.54, 1.807) is 31.3 Å². The largest absolute Gasteiger partial charge is 0.416 e. The summed E-state index contributed by atoms with van der Waals surface area (Å²) in [7, 11) is 1.59. The van der Waals surface area contributed by atoms with Crippen LogP contribution < -0.4 is 0 Å². The second kappa shape index (κ2) is 7.18. The molecule has 6 heteroatoms. The van der Waals surface area contributed by atoms with Gasteiger partial charge in [0.1, 0.15) is 0 Å². The van der Waals surface area contributed by atoms with Gasteiger partial charge in [-0.2, -0.15) is 18.4 Å². The molecule has 2 rings (SSSR count). The van der Waals surface area contributed by atoms with Gasteiger partial charge in [-0.3, -0.25) is 4.79 Å². The molecule has 2 aromatic carbocycles. The average molecular weight is 332 g/mol. The fourth-order valence-electron chi connectivity index (χ4n) is 2.28. The summed E-state index contributed by atoms with van der Waals surface area (Å²) >= 11 is 0. The van der Waals surface area contributed by atoms with E-state index in [1.807, 2.05) is 6.07 Å². The summed E-state index contributed by atoms with van der Waals surface area (Å²) in [5.41, 5.74) is 0.736. The number of benzene rings is 2. The lowest BCUT2D eigenvalue weighted by Gasteiger charge is -2.18. The first-order valence-corrected chi connectivity index (χ1v) is 7.23. The zero-order chi connectivity index (χ0) is 17.7. The molecule has 0 aliphatic rings. The molecule has 0 radical (unpaired) electrons. The first kappa shape index (κ1) is 17.5. The number of alkyl halides is 3. The molecule has 2 aromatic rings. The van der Waals surface area contributed by atoms with E-state index in [-0.39, 0.29) is 18.9 Å². The Bertz CT molecular complexity index is 761.